The van der Waals surface area contributed by atoms with Gasteiger partial charge >= 0.3 is 0 Å². The monoisotopic (exact) mass is 366 g/mol. The molecule has 2 aromatic rings. The first-order valence-corrected chi connectivity index (χ1v) is 9.33. The number of para-hydroxylation sites is 1. The first-order chi connectivity index (χ1) is 13.0. The summed E-state index contributed by atoms with van der Waals surface area (Å²) in [5, 5.41) is 16.4. The summed E-state index contributed by atoms with van der Waals surface area (Å²) >= 11 is 0. The van der Waals surface area contributed by atoms with E-state index < -0.39 is 0 Å². The van der Waals surface area contributed by atoms with E-state index >= 15 is 0 Å². The molecule has 142 valence electrons. The third-order valence-electron chi connectivity index (χ3n) is 4.86. The molecule has 1 saturated carbocycles. The minimum Gasteiger partial charge on any atom is -0.393 e. The molecule has 27 heavy (non-hydrogen) atoms. The lowest BCUT2D eigenvalue weighted by Gasteiger charge is -2.26. The van der Waals surface area contributed by atoms with Crippen molar-refractivity contribution < 1.29 is 9.90 Å². The SMILES string of the molecule is C=CC(=O)Cc1ccccc1Nc1nc(NC2CCC(O)CC2)ncc1C. The number of ketones is 1. The third-order valence-corrected chi connectivity index (χ3v) is 4.86. The molecule has 1 aliphatic rings. The third kappa shape index (κ3) is 5.14. The van der Waals surface area contributed by atoms with Crippen molar-refractivity contribution in [3.05, 3.63) is 54.2 Å². The van der Waals surface area contributed by atoms with Gasteiger partial charge in [0.1, 0.15) is 5.82 Å². The number of aryl methyl sites for hydroxylation is 1. The van der Waals surface area contributed by atoms with E-state index in [1.54, 1.807) is 6.20 Å². The summed E-state index contributed by atoms with van der Waals surface area (Å²) in [6, 6.07) is 7.97. The minimum absolute atomic E-state index is 0.0227. The van der Waals surface area contributed by atoms with Crippen LogP contribution in [0.1, 0.15) is 36.8 Å². The zero-order valence-corrected chi connectivity index (χ0v) is 15.6. The number of carbonyl (C=O) groups is 1. The molecule has 6 nitrogen and oxygen atoms in total. The molecular weight excluding hydrogens is 340 g/mol. The quantitative estimate of drug-likeness (QED) is 0.650. The van der Waals surface area contributed by atoms with Crippen LogP contribution in [0.3, 0.4) is 0 Å². The molecule has 1 aliphatic carbocycles. The van der Waals surface area contributed by atoms with Gasteiger partial charge in [-0.15, -0.1) is 0 Å². The Morgan fingerprint density at radius 2 is 2.04 bits per heavy atom. The van der Waals surface area contributed by atoms with Crippen molar-refractivity contribution in [3.63, 3.8) is 0 Å². The van der Waals surface area contributed by atoms with E-state index in [9.17, 15) is 9.90 Å². The van der Waals surface area contributed by atoms with Gasteiger partial charge in [-0.1, -0.05) is 24.8 Å². The molecule has 0 unspecified atom stereocenters. The van der Waals surface area contributed by atoms with E-state index in [0.717, 1.165) is 42.5 Å². The Hall–Kier alpha value is -2.73. The number of nitrogens with zero attached hydrogens (tertiary/aromatic N) is 2. The predicted molar refractivity (Wildman–Crippen MR) is 107 cm³/mol. The number of hydrogen-bond donors (Lipinski definition) is 3. The number of aliphatic hydroxyl groups excluding tert-OH is 1. The van der Waals surface area contributed by atoms with E-state index in [-0.39, 0.29) is 17.9 Å². The van der Waals surface area contributed by atoms with Crippen LogP contribution in [0.4, 0.5) is 17.5 Å². The summed E-state index contributed by atoms with van der Waals surface area (Å²) in [5.74, 6) is 1.26. The van der Waals surface area contributed by atoms with Gasteiger partial charge < -0.3 is 15.7 Å². The van der Waals surface area contributed by atoms with E-state index in [4.69, 9.17) is 0 Å². The maximum absolute atomic E-state index is 11.8. The number of benzene rings is 1. The molecule has 0 spiro atoms. The lowest BCUT2D eigenvalue weighted by Crippen LogP contribution is -2.29. The van der Waals surface area contributed by atoms with Gasteiger partial charge in [0, 0.05) is 29.9 Å². The Bertz CT molecular complexity index is 814. The van der Waals surface area contributed by atoms with Crippen LogP contribution in [-0.4, -0.2) is 33.0 Å². The second-order valence-electron chi connectivity index (χ2n) is 7.00. The van der Waals surface area contributed by atoms with Crippen LogP contribution in [0.2, 0.25) is 0 Å². The Morgan fingerprint density at radius 3 is 2.78 bits per heavy atom. The van der Waals surface area contributed by atoms with Crippen LogP contribution in [0.25, 0.3) is 0 Å². The van der Waals surface area contributed by atoms with Crippen LogP contribution >= 0.6 is 0 Å². The van der Waals surface area contributed by atoms with Crippen LogP contribution in [0, 0.1) is 6.92 Å². The topological polar surface area (TPSA) is 87.1 Å². The molecule has 0 bridgehead atoms. The molecular formula is C21H26N4O2. The standard InChI is InChI=1S/C21H26N4O2/c1-3-17(26)12-15-6-4-5-7-19(15)24-20-14(2)13-22-21(25-20)23-16-8-10-18(27)11-9-16/h3-7,13,16,18,27H,1,8-12H2,2H3,(H2,22,23,24,25). The Labute approximate surface area is 159 Å². The smallest absolute Gasteiger partial charge is 0.224 e. The summed E-state index contributed by atoms with van der Waals surface area (Å²) in [5.41, 5.74) is 2.67. The zero-order chi connectivity index (χ0) is 19.2. The lowest BCUT2D eigenvalue weighted by atomic mass is 9.93. The highest BCUT2D eigenvalue weighted by Gasteiger charge is 2.20. The van der Waals surface area contributed by atoms with Crippen molar-refractivity contribution in [1.29, 1.82) is 0 Å². The summed E-state index contributed by atoms with van der Waals surface area (Å²) < 4.78 is 0. The molecule has 1 heterocycles. The van der Waals surface area contributed by atoms with Crippen molar-refractivity contribution in [2.24, 2.45) is 0 Å². The summed E-state index contributed by atoms with van der Waals surface area (Å²) in [7, 11) is 0. The Kier molecular flexibility index (Phi) is 6.19. The van der Waals surface area contributed by atoms with Gasteiger partial charge in [-0.25, -0.2) is 4.98 Å². The largest absolute Gasteiger partial charge is 0.393 e. The first-order valence-electron chi connectivity index (χ1n) is 9.33. The number of aromatic nitrogens is 2. The highest BCUT2D eigenvalue weighted by molar-refractivity contribution is 5.92. The number of nitrogens with one attached hydrogen (secondary N) is 2. The van der Waals surface area contributed by atoms with Crippen molar-refractivity contribution in [3.8, 4) is 0 Å². The molecule has 0 aliphatic heterocycles. The van der Waals surface area contributed by atoms with E-state index in [2.05, 4.69) is 27.2 Å². The normalized spacial score (nSPS) is 19.3. The Morgan fingerprint density at radius 1 is 1.30 bits per heavy atom. The van der Waals surface area contributed by atoms with Crippen molar-refractivity contribution in [2.75, 3.05) is 10.6 Å². The van der Waals surface area contributed by atoms with E-state index in [1.165, 1.54) is 6.08 Å². The van der Waals surface area contributed by atoms with Gasteiger partial charge in [0.15, 0.2) is 5.78 Å². The predicted octanol–water partition coefficient (Wildman–Crippen LogP) is 3.54. The zero-order valence-electron chi connectivity index (χ0n) is 15.6. The van der Waals surface area contributed by atoms with Gasteiger partial charge in [-0.05, 0) is 50.3 Å². The number of anilines is 3. The fourth-order valence-electron chi connectivity index (χ4n) is 3.22. The van der Waals surface area contributed by atoms with Crippen molar-refractivity contribution in [1.82, 2.24) is 9.97 Å². The van der Waals surface area contributed by atoms with Gasteiger partial charge in [0.05, 0.1) is 6.10 Å². The summed E-state index contributed by atoms with van der Waals surface area (Å²) in [6.07, 6.45) is 6.67. The molecule has 0 radical (unpaired) electrons. The second kappa shape index (κ2) is 8.77. The second-order valence-corrected chi connectivity index (χ2v) is 7.00. The summed E-state index contributed by atoms with van der Waals surface area (Å²) in [6.45, 7) is 5.49. The van der Waals surface area contributed by atoms with Gasteiger partial charge in [-0.2, -0.15) is 4.98 Å². The number of aliphatic hydroxyl groups is 1. The van der Waals surface area contributed by atoms with Gasteiger partial charge in [-0.3, -0.25) is 4.79 Å². The lowest BCUT2D eigenvalue weighted by molar-refractivity contribution is -0.114. The maximum Gasteiger partial charge on any atom is 0.224 e. The van der Waals surface area contributed by atoms with Crippen molar-refractivity contribution >= 4 is 23.2 Å². The van der Waals surface area contributed by atoms with Crippen molar-refractivity contribution in [2.45, 2.75) is 51.2 Å². The highest BCUT2D eigenvalue weighted by Crippen LogP contribution is 2.25. The molecule has 6 heteroatoms. The molecule has 3 N–H and O–H groups in total. The molecule has 1 fully saturated rings. The number of allylic oxidation sites excluding steroid dienone is 1. The molecule has 3 rings (SSSR count). The van der Waals surface area contributed by atoms with Crippen LogP contribution in [-0.2, 0) is 11.2 Å². The fourth-order valence-corrected chi connectivity index (χ4v) is 3.22. The summed E-state index contributed by atoms with van der Waals surface area (Å²) in [4.78, 5) is 20.8. The maximum atomic E-state index is 11.8. The van der Waals surface area contributed by atoms with E-state index in [0.29, 0.717) is 18.2 Å². The number of rotatable bonds is 7. The van der Waals surface area contributed by atoms with Crippen LogP contribution in [0.15, 0.2) is 43.1 Å². The molecule has 1 aromatic heterocycles. The van der Waals surface area contributed by atoms with Gasteiger partial charge in [0.25, 0.3) is 0 Å². The molecule has 1 aromatic carbocycles. The van der Waals surface area contributed by atoms with Crippen LogP contribution < -0.4 is 10.6 Å². The first kappa shape index (κ1) is 19.0. The van der Waals surface area contributed by atoms with E-state index in [1.807, 2.05) is 31.2 Å². The number of hydrogen-bond acceptors (Lipinski definition) is 6. The molecule has 0 saturated heterocycles. The highest BCUT2D eigenvalue weighted by atomic mass is 16.3. The van der Waals surface area contributed by atoms with Crippen LogP contribution in [0.5, 0.6) is 0 Å². The Balaban J connectivity index is 1.75. The molecule has 0 amide bonds. The number of carbonyl (C=O) groups excluding carboxylic acids is 1. The fraction of sp³-hybridized carbons (Fsp3) is 0.381. The average Bonchev–Trinajstić information content (AvgIpc) is 2.67. The van der Waals surface area contributed by atoms with Gasteiger partial charge in [0.2, 0.25) is 5.95 Å². The molecule has 0 atom stereocenters. The average molecular weight is 366 g/mol. The minimum atomic E-state index is -0.186.